The summed E-state index contributed by atoms with van der Waals surface area (Å²) >= 11 is 0. The highest BCUT2D eigenvalue weighted by atomic mass is 31.1. The molecule has 2 rings (SSSR count). The highest BCUT2D eigenvalue weighted by Gasteiger charge is 2.20. The molecule has 1 heterocycles. The fourth-order valence-corrected chi connectivity index (χ4v) is 1.73. The minimum Gasteiger partial charge on any atom is -0.356 e. The van der Waals surface area contributed by atoms with Crippen molar-refractivity contribution in [2.24, 2.45) is 0 Å². The molecular formula is C8H7NO3P+. The quantitative estimate of drug-likeness (QED) is 0.687. The van der Waals surface area contributed by atoms with Crippen molar-refractivity contribution in [3.8, 4) is 0 Å². The first-order valence-corrected chi connectivity index (χ1v) is 4.85. The minimum atomic E-state index is -1.75. The van der Waals surface area contributed by atoms with E-state index in [1.165, 1.54) is 7.11 Å². The standard InChI is InChI=1S/C8H7NO3P/c1-11-13(10)7-2-3-8-6(4-7)5-9-12-8/h2-5H,1H3/q+1. The average Bonchev–Trinajstić information content (AvgIpc) is 2.63. The van der Waals surface area contributed by atoms with Crippen molar-refractivity contribution in [2.45, 2.75) is 0 Å². The molecule has 0 spiro atoms. The SMILES string of the molecule is CO[P+](=O)c1ccc2oncc2c1. The lowest BCUT2D eigenvalue weighted by Gasteiger charge is -1.85. The largest absolute Gasteiger partial charge is 0.548 e. The van der Waals surface area contributed by atoms with E-state index in [2.05, 4.69) is 5.16 Å². The van der Waals surface area contributed by atoms with Crippen LogP contribution in [0.25, 0.3) is 11.0 Å². The Kier molecular flexibility index (Phi) is 2.08. The first-order valence-electron chi connectivity index (χ1n) is 3.67. The summed E-state index contributed by atoms with van der Waals surface area (Å²) in [7, 11) is -0.334. The Morgan fingerprint density at radius 2 is 2.38 bits per heavy atom. The van der Waals surface area contributed by atoms with Gasteiger partial charge in [0.1, 0.15) is 0 Å². The van der Waals surface area contributed by atoms with Gasteiger partial charge in [-0.2, -0.15) is 0 Å². The van der Waals surface area contributed by atoms with Crippen molar-refractivity contribution in [3.05, 3.63) is 24.4 Å². The van der Waals surface area contributed by atoms with Crippen LogP contribution in [-0.4, -0.2) is 12.3 Å². The van der Waals surface area contributed by atoms with E-state index in [4.69, 9.17) is 9.05 Å². The van der Waals surface area contributed by atoms with E-state index in [0.717, 1.165) is 5.39 Å². The summed E-state index contributed by atoms with van der Waals surface area (Å²) in [4.78, 5) is 0. The fourth-order valence-electron chi connectivity index (χ4n) is 1.08. The van der Waals surface area contributed by atoms with Gasteiger partial charge in [-0.3, -0.25) is 0 Å². The molecule has 1 unspecified atom stereocenters. The molecule has 2 aromatic rings. The highest BCUT2D eigenvalue weighted by Crippen LogP contribution is 2.22. The Labute approximate surface area is 75.3 Å². The summed E-state index contributed by atoms with van der Waals surface area (Å²) < 4.78 is 20.9. The second-order valence-corrected chi connectivity index (χ2v) is 3.88. The van der Waals surface area contributed by atoms with Gasteiger partial charge in [0.15, 0.2) is 5.58 Å². The van der Waals surface area contributed by atoms with Gasteiger partial charge in [0.2, 0.25) is 5.30 Å². The minimum absolute atomic E-state index is 0.646. The van der Waals surface area contributed by atoms with Gasteiger partial charge in [-0.15, -0.1) is 4.52 Å². The zero-order valence-corrected chi connectivity index (χ0v) is 7.82. The zero-order valence-electron chi connectivity index (χ0n) is 6.93. The van der Waals surface area contributed by atoms with E-state index in [-0.39, 0.29) is 0 Å². The van der Waals surface area contributed by atoms with Crippen LogP contribution >= 0.6 is 8.03 Å². The summed E-state index contributed by atoms with van der Waals surface area (Å²) in [6.45, 7) is 0. The first-order chi connectivity index (χ1) is 6.31. The molecule has 0 aliphatic rings. The lowest BCUT2D eigenvalue weighted by Crippen LogP contribution is -1.94. The van der Waals surface area contributed by atoms with Gasteiger partial charge in [0.05, 0.1) is 13.3 Å². The molecule has 0 amide bonds. The highest BCUT2D eigenvalue weighted by molar-refractivity contribution is 7.48. The van der Waals surface area contributed by atoms with Crippen molar-refractivity contribution in [2.75, 3.05) is 7.11 Å². The molecule has 0 radical (unpaired) electrons. The molecule has 0 saturated heterocycles. The fraction of sp³-hybridized carbons (Fsp3) is 0.125. The van der Waals surface area contributed by atoms with Crippen LogP contribution < -0.4 is 5.30 Å². The van der Waals surface area contributed by atoms with Crippen LogP contribution in [-0.2, 0) is 9.09 Å². The Balaban J connectivity index is 2.54. The molecule has 1 aromatic heterocycles. The van der Waals surface area contributed by atoms with Crippen molar-refractivity contribution in [1.29, 1.82) is 0 Å². The maximum absolute atomic E-state index is 11.3. The second kappa shape index (κ2) is 3.24. The number of hydrogen-bond acceptors (Lipinski definition) is 4. The Morgan fingerprint density at radius 1 is 1.54 bits per heavy atom. The van der Waals surface area contributed by atoms with Crippen LogP contribution in [0, 0.1) is 0 Å². The summed E-state index contributed by atoms with van der Waals surface area (Å²) in [6, 6.07) is 5.17. The van der Waals surface area contributed by atoms with Crippen molar-refractivity contribution < 1.29 is 13.6 Å². The number of benzene rings is 1. The third-order valence-corrected chi connectivity index (χ3v) is 2.74. The molecule has 1 atom stereocenters. The summed E-state index contributed by atoms with van der Waals surface area (Å²) in [5.74, 6) is 0. The Morgan fingerprint density at radius 3 is 3.15 bits per heavy atom. The molecule has 0 saturated carbocycles. The molecule has 4 nitrogen and oxygen atoms in total. The van der Waals surface area contributed by atoms with E-state index >= 15 is 0 Å². The zero-order chi connectivity index (χ0) is 9.26. The maximum Gasteiger partial charge on any atom is 0.548 e. The normalized spacial score (nSPS) is 11.9. The Bertz CT molecular complexity index is 451. The number of fused-ring (bicyclic) bond motifs is 1. The van der Waals surface area contributed by atoms with Gasteiger partial charge in [-0.1, -0.05) is 5.16 Å². The van der Waals surface area contributed by atoms with E-state index in [9.17, 15) is 4.57 Å². The molecule has 1 aromatic carbocycles. The molecule has 13 heavy (non-hydrogen) atoms. The van der Waals surface area contributed by atoms with Crippen LogP contribution in [0.1, 0.15) is 0 Å². The van der Waals surface area contributed by atoms with Gasteiger partial charge < -0.3 is 4.52 Å². The molecule has 0 N–H and O–H groups in total. The molecule has 0 aliphatic heterocycles. The average molecular weight is 196 g/mol. The third-order valence-electron chi connectivity index (χ3n) is 1.71. The predicted octanol–water partition coefficient (Wildman–Crippen LogP) is 1.84. The predicted molar refractivity (Wildman–Crippen MR) is 48.3 cm³/mol. The molecule has 0 aliphatic carbocycles. The third kappa shape index (κ3) is 1.46. The summed E-state index contributed by atoms with van der Waals surface area (Å²) in [5, 5.41) is 5.09. The van der Waals surface area contributed by atoms with Crippen LogP contribution in [0.2, 0.25) is 0 Å². The van der Waals surface area contributed by atoms with Crippen LogP contribution in [0.4, 0.5) is 0 Å². The van der Waals surface area contributed by atoms with Gasteiger partial charge in [-0.05, 0) is 16.7 Å². The van der Waals surface area contributed by atoms with Crippen molar-refractivity contribution in [3.63, 3.8) is 0 Å². The van der Waals surface area contributed by atoms with Gasteiger partial charge in [0, 0.05) is 11.5 Å². The molecular weight excluding hydrogens is 189 g/mol. The van der Waals surface area contributed by atoms with Gasteiger partial charge in [-0.25, -0.2) is 0 Å². The first kappa shape index (κ1) is 8.35. The van der Waals surface area contributed by atoms with Gasteiger partial charge >= 0.3 is 8.03 Å². The van der Waals surface area contributed by atoms with Crippen LogP contribution in [0.5, 0.6) is 0 Å². The van der Waals surface area contributed by atoms with Crippen LogP contribution in [0.3, 0.4) is 0 Å². The van der Waals surface area contributed by atoms with E-state index < -0.39 is 8.03 Å². The maximum atomic E-state index is 11.3. The van der Waals surface area contributed by atoms with Crippen molar-refractivity contribution in [1.82, 2.24) is 5.16 Å². The second-order valence-electron chi connectivity index (χ2n) is 2.49. The number of nitrogens with zero attached hydrogens (tertiary/aromatic N) is 1. The number of hydrogen-bond donors (Lipinski definition) is 0. The van der Waals surface area contributed by atoms with E-state index in [0.29, 0.717) is 10.9 Å². The molecule has 5 heteroatoms. The van der Waals surface area contributed by atoms with Gasteiger partial charge in [0.25, 0.3) is 0 Å². The summed E-state index contributed by atoms with van der Waals surface area (Å²) in [5.41, 5.74) is 0.684. The molecule has 0 bridgehead atoms. The summed E-state index contributed by atoms with van der Waals surface area (Å²) in [6.07, 6.45) is 1.58. The number of rotatable bonds is 2. The number of aromatic nitrogens is 1. The van der Waals surface area contributed by atoms with Crippen molar-refractivity contribution >= 4 is 24.3 Å². The molecule has 66 valence electrons. The smallest absolute Gasteiger partial charge is 0.356 e. The topological polar surface area (TPSA) is 52.3 Å². The monoisotopic (exact) mass is 196 g/mol. The lowest BCUT2D eigenvalue weighted by atomic mass is 10.3. The van der Waals surface area contributed by atoms with E-state index in [1.54, 1.807) is 24.4 Å². The van der Waals surface area contributed by atoms with Crippen LogP contribution in [0.15, 0.2) is 28.9 Å². The Hall–Kier alpha value is -1.25. The molecule has 0 fully saturated rings. The lowest BCUT2D eigenvalue weighted by molar-refractivity contribution is 0.423. The van der Waals surface area contributed by atoms with E-state index in [1.807, 2.05) is 0 Å².